The smallest absolute Gasteiger partial charge is 0.200 e. The van der Waals surface area contributed by atoms with Gasteiger partial charge in [-0.3, -0.25) is 0 Å². The highest BCUT2D eigenvalue weighted by Gasteiger charge is 2.31. The Morgan fingerprint density at radius 2 is 1.41 bits per heavy atom. The van der Waals surface area contributed by atoms with Gasteiger partial charge in [0.1, 0.15) is 0 Å². The van der Waals surface area contributed by atoms with Gasteiger partial charge in [0, 0.05) is 10.9 Å². The minimum atomic E-state index is -2.11. The molecule has 1 aromatic rings. The summed E-state index contributed by atoms with van der Waals surface area (Å²) in [6, 6.07) is 0. The molecule has 2 atom stereocenters. The molecular weight excluding hydrogens is 318 g/mol. The number of thiol groups is 1. The van der Waals surface area contributed by atoms with E-state index in [1.807, 2.05) is 0 Å². The molecule has 0 bridgehead atoms. The van der Waals surface area contributed by atoms with E-state index in [9.17, 15) is 22.0 Å². The van der Waals surface area contributed by atoms with Crippen molar-refractivity contribution < 1.29 is 22.0 Å². The molecule has 0 nitrogen and oxygen atoms in total. The molecule has 0 aliphatic carbocycles. The zero-order chi connectivity index (χ0) is 12.7. The molecule has 1 aliphatic rings. The average Bonchev–Trinajstić information content (AvgIpc) is 2.71. The Bertz CT molecular complexity index is 477. The molecule has 17 heavy (non-hydrogen) atoms. The van der Waals surface area contributed by atoms with Gasteiger partial charge in [0.2, 0.25) is 5.82 Å². The molecule has 0 spiro atoms. The lowest BCUT2D eigenvalue weighted by atomic mass is 10.3. The van der Waals surface area contributed by atoms with Gasteiger partial charge in [0.15, 0.2) is 23.3 Å². The van der Waals surface area contributed by atoms with Crippen LogP contribution >= 0.6 is 27.0 Å². The summed E-state index contributed by atoms with van der Waals surface area (Å²) >= 11 is 6.47. The molecule has 1 aliphatic heterocycles. The van der Waals surface area contributed by atoms with E-state index in [0.717, 1.165) is 0 Å². The van der Waals surface area contributed by atoms with E-state index in [4.69, 9.17) is 11.8 Å². The molecule has 2 unspecified atom stereocenters. The molecule has 1 aromatic carbocycles. The third-order valence-corrected chi connectivity index (χ3v) is 15.4. The van der Waals surface area contributed by atoms with Crippen LogP contribution in [0.3, 0.4) is 0 Å². The maximum absolute atomic E-state index is 13.5. The van der Waals surface area contributed by atoms with Crippen LogP contribution < -0.4 is 0 Å². The Kier molecular flexibility index (Phi) is 4.07. The van der Waals surface area contributed by atoms with E-state index >= 15 is 0 Å². The van der Waals surface area contributed by atoms with Gasteiger partial charge in [-0.15, -0.1) is 11.4 Å². The second-order valence-corrected chi connectivity index (χ2v) is 15.0. The van der Waals surface area contributed by atoms with Gasteiger partial charge in [0.25, 0.3) is 0 Å². The van der Waals surface area contributed by atoms with Crippen molar-refractivity contribution in [1.29, 1.82) is 0 Å². The van der Waals surface area contributed by atoms with E-state index in [2.05, 4.69) is 0 Å². The van der Waals surface area contributed by atoms with E-state index in [0.29, 0.717) is 11.5 Å². The zero-order valence-electron chi connectivity index (χ0n) is 8.07. The van der Waals surface area contributed by atoms with Crippen molar-refractivity contribution in [3.63, 3.8) is 0 Å². The van der Waals surface area contributed by atoms with Gasteiger partial charge in [-0.2, -0.15) is 10.5 Å². The topological polar surface area (TPSA) is 0 Å². The van der Waals surface area contributed by atoms with Crippen LogP contribution in [-0.4, -0.2) is 11.5 Å². The maximum Gasteiger partial charge on any atom is 0.200 e. The summed E-state index contributed by atoms with van der Waals surface area (Å²) in [5, 5.41) is -1.51. The summed E-state index contributed by atoms with van der Waals surface area (Å²) in [7, 11) is -1.40. The van der Waals surface area contributed by atoms with Gasteiger partial charge >= 0.3 is 0 Å². The minimum Gasteiger partial charge on any atom is -0.202 e. The summed E-state index contributed by atoms with van der Waals surface area (Å²) in [5.74, 6) is -8.21. The van der Waals surface area contributed by atoms with Crippen molar-refractivity contribution in [2.24, 2.45) is 0 Å². The van der Waals surface area contributed by atoms with Gasteiger partial charge in [-0.05, 0) is 5.75 Å². The van der Waals surface area contributed by atoms with Crippen LogP contribution in [0.15, 0.2) is 4.90 Å². The second-order valence-electron chi connectivity index (χ2n) is 3.18. The highest BCUT2D eigenvalue weighted by molar-refractivity contribution is 9.00. The standard InChI is InChI=1S/C8H6F5PS3/c9-3-4(10)6(12)8(7(13)5(3)11)17-2-1-16-14(17)15/h14,17H,1-2H2. The lowest BCUT2D eigenvalue weighted by Crippen LogP contribution is -2.05. The Hall–Kier alpha value is 0.220. The first-order valence-electron chi connectivity index (χ1n) is 4.41. The van der Waals surface area contributed by atoms with Crippen molar-refractivity contribution in [2.45, 2.75) is 4.90 Å². The number of rotatable bonds is 1. The molecule has 1 saturated heterocycles. The van der Waals surface area contributed by atoms with Crippen LogP contribution in [0.1, 0.15) is 0 Å². The molecule has 1 heterocycles. The van der Waals surface area contributed by atoms with Gasteiger partial charge in [-0.25, -0.2) is 22.0 Å². The molecule has 0 amide bonds. The lowest BCUT2D eigenvalue weighted by Gasteiger charge is -2.17. The van der Waals surface area contributed by atoms with Crippen LogP contribution in [0.5, 0.6) is 0 Å². The fraction of sp³-hybridized carbons (Fsp3) is 0.250. The molecule has 0 radical (unpaired) electrons. The second kappa shape index (κ2) is 5.07. The Labute approximate surface area is 106 Å². The van der Waals surface area contributed by atoms with Crippen molar-refractivity contribution in [3.05, 3.63) is 29.1 Å². The average molecular weight is 324 g/mol. The van der Waals surface area contributed by atoms with Gasteiger partial charge in [0.05, 0.1) is 4.90 Å². The van der Waals surface area contributed by atoms with Gasteiger partial charge in [-0.1, -0.05) is 11.8 Å². The van der Waals surface area contributed by atoms with Crippen LogP contribution in [0.25, 0.3) is 0 Å². The van der Waals surface area contributed by atoms with E-state index in [1.165, 1.54) is 11.4 Å². The Morgan fingerprint density at radius 1 is 0.941 bits per heavy atom. The first kappa shape index (κ1) is 13.6. The molecule has 0 N–H and O–H groups in total. The van der Waals surface area contributed by atoms with Crippen molar-refractivity contribution in [1.82, 2.24) is 0 Å². The van der Waals surface area contributed by atoms with E-state index < -0.39 is 49.6 Å². The molecule has 9 heteroatoms. The highest BCUT2D eigenvalue weighted by Crippen LogP contribution is 2.71. The minimum absolute atomic E-state index is 0.427. The monoisotopic (exact) mass is 324 g/mol. The van der Waals surface area contributed by atoms with Crippen molar-refractivity contribution >= 4 is 38.8 Å². The molecule has 96 valence electrons. The van der Waals surface area contributed by atoms with Gasteiger partial charge < -0.3 is 0 Å². The summed E-state index contributed by atoms with van der Waals surface area (Å²) in [4.78, 5) is -0.662. The van der Waals surface area contributed by atoms with Crippen LogP contribution in [0.4, 0.5) is 22.0 Å². The summed E-state index contributed by atoms with van der Waals surface area (Å²) < 4.78 is 65.8. The first-order chi connectivity index (χ1) is 7.95. The van der Waals surface area contributed by atoms with Crippen LogP contribution in [-0.2, 0) is 11.8 Å². The fourth-order valence-corrected chi connectivity index (χ4v) is 14.7. The predicted octanol–water partition coefficient (Wildman–Crippen LogP) is 4.00. The first-order valence-corrected chi connectivity index (χ1v) is 11.1. The normalized spacial score (nSPS) is 26.4. The molecule has 1 fully saturated rings. The molecule has 0 saturated carbocycles. The Balaban J connectivity index is 2.65. The van der Waals surface area contributed by atoms with Crippen LogP contribution in [0, 0.1) is 29.1 Å². The third-order valence-electron chi connectivity index (χ3n) is 2.22. The SMILES string of the molecule is Fc1c(F)c(F)c([SH]2CCS[PH]2=S)c(F)c1F. The number of benzene rings is 1. The maximum atomic E-state index is 13.5. The van der Waals surface area contributed by atoms with Crippen molar-refractivity contribution in [3.8, 4) is 0 Å². The summed E-state index contributed by atoms with van der Waals surface area (Å²) in [6.45, 7) is 0. The number of hydrogen-bond acceptors (Lipinski definition) is 2. The summed E-state index contributed by atoms with van der Waals surface area (Å²) in [5.41, 5.74) is 0. The lowest BCUT2D eigenvalue weighted by molar-refractivity contribution is 0.361. The van der Waals surface area contributed by atoms with E-state index in [1.54, 1.807) is 0 Å². The predicted molar refractivity (Wildman–Crippen MR) is 66.5 cm³/mol. The largest absolute Gasteiger partial charge is 0.202 e. The number of hydrogen-bond donors (Lipinski definition) is 1. The zero-order valence-corrected chi connectivity index (χ0v) is 11.6. The number of halogens is 5. The summed E-state index contributed by atoms with van der Waals surface area (Å²) in [6.07, 6.45) is 0. The third kappa shape index (κ3) is 2.25. The molecule has 2 rings (SSSR count). The quantitative estimate of drug-likeness (QED) is 0.273. The molecule has 0 aromatic heterocycles. The van der Waals surface area contributed by atoms with E-state index in [-0.39, 0.29) is 0 Å². The highest BCUT2D eigenvalue weighted by atomic mass is 33.2. The van der Waals surface area contributed by atoms with Crippen molar-refractivity contribution in [2.75, 3.05) is 11.5 Å². The molecular formula is C8H6F5PS3. The van der Waals surface area contributed by atoms with Crippen LogP contribution in [0.2, 0.25) is 0 Å². The fourth-order valence-electron chi connectivity index (χ4n) is 1.43. The Morgan fingerprint density at radius 3 is 1.82 bits per heavy atom.